The number of rotatable bonds is 4. The second kappa shape index (κ2) is 7.57. The van der Waals surface area contributed by atoms with E-state index in [1.54, 1.807) is 18.6 Å². The molecule has 3 aromatic rings. The number of pyridine rings is 1. The van der Waals surface area contributed by atoms with Gasteiger partial charge in [0.1, 0.15) is 5.56 Å². The van der Waals surface area contributed by atoms with Gasteiger partial charge in [-0.25, -0.2) is 14.8 Å². The Labute approximate surface area is 157 Å². The van der Waals surface area contributed by atoms with Crippen LogP contribution >= 0.6 is 0 Å². The molecule has 27 heavy (non-hydrogen) atoms. The molecule has 0 spiro atoms. The number of ether oxygens (including phenoxy) is 1. The predicted molar refractivity (Wildman–Crippen MR) is 104 cm³/mol. The molecule has 7 nitrogen and oxygen atoms in total. The van der Waals surface area contributed by atoms with Crippen LogP contribution in [-0.4, -0.2) is 53.7 Å². The second-order valence-corrected chi connectivity index (χ2v) is 6.28. The molecule has 0 amide bonds. The molecule has 138 valence electrons. The van der Waals surface area contributed by atoms with Gasteiger partial charge in [-0.1, -0.05) is 18.2 Å². The first-order chi connectivity index (χ1) is 13.3. The van der Waals surface area contributed by atoms with Crippen molar-refractivity contribution in [3.63, 3.8) is 0 Å². The van der Waals surface area contributed by atoms with E-state index in [0.29, 0.717) is 12.2 Å². The Balaban J connectivity index is 1.66. The maximum Gasteiger partial charge on any atom is 0.341 e. The van der Waals surface area contributed by atoms with E-state index in [2.05, 4.69) is 24.8 Å². The second-order valence-electron chi connectivity index (χ2n) is 6.28. The Morgan fingerprint density at radius 2 is 1.70 bits per heavy atom. The van der Waals surface area contributed by atoms with Crippen molar-refractivity contribution in [3.8, 4) is 0 Å². The lowest BCUT2D eigenvalue weighted by Crippen LogP contribution is -2.47. The summed E-state index contributed by atoms with van der Waals surface area (Å²) in [5, 5.41) is 0.965. The van der Waals surface area contributed by atoms with Crippen LogP contribution in [0.1, 0.15) is 17.3 Å². The normalized spacial score (nSPS) is 14.4. The first-order valence-electron chi connectivity index (χ1n) is 9.09. The van der Waals surface area contributed by atoms with Crippen molar-refractivity contribution < 1.29 is 9.53 Å². The number of hydrogen-bond acceptors (Lipinski definition) is 7. The molecule has 1 aliphatic rings. The summed E-state index contributed by atoms with van der Waals surface area (Å²) in [6.07, 6.45) is 5.14. The van der Waals surface area contributed by atoms with Crippen LogP contribution in [0.4, 0.5) is 11.6 Å². The molecule has 0 unspecified atom stereocenters. The minimum Gasteiger partial charge on any atom is -0.462 e. The monoisotopic (exact) mass is 363 g/mol. The lowest BCUT2D eigenvalue weighted by atomic mass is 10.1. The third-order valence-electron chi connectivity index (χ3n) is 4.67. The number of para-hydroxylation sites is 1. The van der Waals surface area contributed by atoms with E-state index >= 15 is 0 Å². The third-order valence-corrected chi connectivity index (χ3v) is 4.67. The van der Waals surface area contributed by atoms with E-state index in [1.807, 2.05) is 37.3 Å². The van der Waals surface area contributed by atoms with Gasteiger partial charge in [-0.3, -0.25) is 4.98 Å². The summed E-state index contributed by atoms with van der Waals surface area (Å²) >= 11 is 0. The maximum atomic E-state index is 12.5. The smallest absolute Gasteiger partial charge is 0.341 e. The lowest BCUT2D eigenvalue weighted by molar-refractivity contribution is 0.0527. The standard InChI is InChI=1S/C20H21N5O2/c1-2-27-19(26)16-14-23-17-7-4-3-6-15(17)18(16)24-10-12-25(13-11-24)20-21-8-5-9-22-20/h3-9,14H,2,10-13H2,1H3. The van der Waals surface area contributed by atoms with Gasteiger partial charge in [0.25, 0.3) is 0 Å². The van der Waals surface area contributed by atoms with Gasteiger partial charge in [0.15, 0.2) is 0 Å². The van der Waals surface area contributed by atoms with Crippen molar-refractivity contribution in [3.05, 3.63) is 54.5 Å². The number of carbonyl (C=O) groups is 1. The number of esters is 1. The summed E-state index contributed by atoms with van der Waals surface area (Å²) in [6, 6.07) is 9.70. The zero-order chi connectivity index (χ0) is 18.6. The molecule has 4 rings (SSSR count). The topological polar surface area (TPSA) is 71.5 Å². The summed E-state index contributed by atoms with van der Waals surface area (Å²) < 4.78 is 5.26. The fraction of sp³-hybridized carbons (Fsp3) is 0.300. The molecule has 7 heteroatoms. The quantitative estimate of drug-likeness (QED) is 0.660. The Morgan fingerprint density at radius 3 is 2.44 bits per heavy atom. The van der Waals surface area contributed by atoms with Gasteiger partial charge in [0, 0.05) is 50.2 Å². The van der Waals surface area contributed by atoms with Crippen LogP contribution in [-0.2, 0) is 4.74 Å². The van der Waals surface area contributed by atoms with Crippen LogP contribution in [0.25, 0.3) is 10.9 Å². The fourth-order valence-electron chi connectivity index (χ4n) is 3.41. The Morgan fingerprint density at radius 1 is 1.00 bits per heavy atom. The van der Waals surface area contributed by atoms with Crippen molar-refractivity contribution in [1.29, 1.82) is 0 Å². The van der Waals surface area contributed by atoms with E-state index < -0.39 is 0 Å². The maximum absolute atomic E-state index is 12.5. The van der Waals surface area contributed by atoms with Gasteiger partial charge in [0.2, 0.25) is 5.95 Å². The van der Waals surface area contributed by atoms with Crippen LogP contribution < -0.4 is 9.80 Å². The number of carbonyl (C=O) groups excluding carboxylic acids is 1. The van der Waals surface area contributed by atoms with Crippen molar-refractivity contribution in [1.82, 2.24) is 15.0 Å². The fourth-order valence-corrected chi connectivity index (χ4v) is 3.41. The molecule has 3 heterocycles. The molecule has 0 saturated carbocycles. The highest BCUT2D eigenvalue weighted by molar-refractivity contribution is 6.05. The summed E-state index contributed by atoms with van der Waals surface area (Å²) in [4.78, 5) is 30.0. The molecular formula is C20H21N5O2. The van der Waals surface area contributed by atoms with Crippen molar-refractivity contribution in [2.24, 2.45) is 0 Å². The van der Waals surface area contributed by atoms with Gasteiger partial charge in [-0.15, -0.1) is 0 Å². The summed E-state index contributed by atoms with van der Waals surface area (Å²) in [6.45, 7) is 5.23. The number of hydrogen-bond donors (Lipinski definition) is 0. The number of anilines is 2. The largest absolute Gasteiger partial charge is 0.462 e. The predicted octanol–water partition coefficient (Wildman–Crippen LogP) is 2.53. The Bertz CT molecular complexity index is 940. The Kier molecular flexibility index (Phi) is 4.82. The zero-order valence-electron chi connectivity index (χ0n) is 15.2. The number of fused-ring (bicyclic) bond motifs is 1. The minimum atomic E-state index is -0.334. The van der Waals surface area contributed by atoms with Crippen LogP contribution in [0.5, 0.6) is 0 Å². The van der Waals surface area contributed by atoms with Crippen molar-refractivity contribution in [2.75, 3.05) is 42.6 Å². The van der Waals surface area contributed by atoms with E-state index in [1.165, 1.54) is 0 Å². The molecule has 0 aliphatic carbocycles. The highest BCUT2D eigenvalue weighted by atomic mass is 16.5. The molecule has 1 aliphatic heterocycles. The van der Waals surface area contributed by atoms with Crippen LogP contribution in [0.2, 0.25) is 0 Å². The van der Waals surface area contributed by atoms with Crippen molar-refractivity contribution in [2.45, 2.75) is 6.92 Å². The molecule has 2 aromatic heterocycles. The van der Waals surface area contributed by atoms with Gasteiger partial charge in [-0.2, -0.15) is 0 Å². The average Bonchev–Trinajstić information content (AvgIpc) is 2.74. The zero-order valence-corrected chi connectivity index (χ0v) is 15.2. The first kappa shape index (κ1) is 17.2. The molecule has 0 atom stereocenters. The van der Waals surface area contributed by atoms with Crippen LogP contribution in [0.15, 0.2) is 48.9 Å². The molecule has 1 saturated heterocycles. The first-order valence-corrected chi connectivity index (χ1v) is 9.09. The number of nitrogens with zero attached hydrogens (tertiary/aromatic N) is 5. The number of benzene rings is 1. The molecule has 0 radical (unpaired) electrons. The van der Waals surface area contributed by atoms with Gasteiger partial charge < -0.3 is 14.5 Å². The Hall–Kier alpha value is -3.22. The van der Waals surface area contributed by atoms with Crippen LogP contribution in [0.3, 0.4) is 0 Å². The van der Waals surface area contributed by atoms with E-state index in [9.17, 15) is 4.79 Å². The highest BCUT2D eigenvalue weighted by Crippen LogP contribution is 2.31. The molecule has 1 fully saturated rings. The van der Waals surface area contributed by atoms with E-state index in [0.717, 1.165) is 48.7 Å². The molecular weight excluding hydrogens is 342 g/mol. The molecule has 0 N–H and O–H groups in total. The molecule has 1 aromatic carbocycles. The summed E-state index contributed by atoms with van der Waals surface area (Å²) in [5.74, 6) is 0.405. The lowest BCUT2D eigenvalue weighted by Gasteiger charge is -2.37. The van der Waals surface area contributed by atoms with Crippen molar-refractivity contribution >= 4 is 28.5 Å². The van der Waals surface area contributed by atoms with E-state index in [4.69, 9.17) is 4.74 Å². The molecule has 0 bridgehead atoms. The van der Waals surface area contributed by atoms with Gasteiger partial charge >= 0.3 is 5.97 Å². The SMILES string of the molecule is CCOC(=O)c1cnc2ccccc2c1N1CCN(c2ncccn2)CC1. The van der Waals surface area contributed by atoms with Crippen LogP contribution in [0, 0.1) is 0 Å². The third kappa shape index (κ3) is 3.40. The number of aromatic nitrogens is 3. The highest BCUT2D eigenvalue weighted by Gasteiger charge is 2.25. The minimum absolute atomic E-state index is 0.334. The summed E-state index contributed by atoms with van der Waals surface area (Å²) in [5.41, 5.74) is 2.28. The number of piperazine rings is 1. The van der Waals surface area contributed by atoms with Gasteiger partial charge in [-0.05, 0) is 19.1 Å². The summed E-state index contributed by atoms with van der Waals surface area (Å²) in [7, 11) is 0. The average molecular weight is 363 g/mol. The van der Waals surface area contributed by atoms with Gasteiger partial charge in [0.05, 0.1) is 17.8 Å². The van der Waals surface area contributed by atoms with E-state index in [-0.39, 0.29) is 5.97 Å².